The Morgan fingerprint density at radius 3 is 2.67 bits per heavy atom. The summed E-state index contributed by atoms with van der Waals surface area (Å²) in [7, 11) is 1.51. The molecule has 3 heteroatoms. The van der Waals surface area contributed by atoms with Crippen LogP contribution in [0.5, 0.6) is 0 Å². The van der Waals surface area contributed by atoms with Crippen LogP contribution in [0.1, 0.15) is 12.5 Å². The normalized spacial score (nSPS) is 11.4. The van der Waals surface area contributed by atoms with Crippen LogP contribution in [0.3, 0.4) is 0 Å². The molecule has 1 aromatic carbocycles. The van der Waals surface area contributed by atoms with Crippen molar-refractivity contribution in [3.05, 3.63) is 34.9 Å². The van der Waals surface area contributed by atoms with Crippen molar-refractivity contribution in [2.45, 2.75) is 6.92 Å². The Morgan fingerprint density at radius 2 is 2.08 bits per heavy atom. The molecule has 0 saturated heterocycles. The molecule has 0 radical (unpaired) electrons. The third-order valence-corrected chi connectivity index (χ3v) is 1.82. The maximum absolute atomic E-state index is 5.92. The summed E-state index contributed by atoms with van der Waals surface area (Å²) in [6.45, 7) is 1.85. The first-order valence-corrected chi connectivity index (χ1v) is 3.96. The third kappa shape index (κ3) is 1.98. The molecule has 12 heavy (non-hydrogen) atoms. The minimum Gasteiger partial charge on any atom is -0.399 e. The highest BCUT2D eigenvalue weighted by atomic mass is 35.5. The van der Waals surface area contributed by atoms with E-state index < -0.39 is 0 Å². The molecule has 0 unspecified atom stereocenters. The molecule has 1 rings (SSSR count). The summed E-state index contributed by atoms with van der Waals surface area (Å²) in [5.74, 6) is 0. The minimum atomic E-state index is 0.691. The van der Waals surface area contributed by atoms with Gasteiger partial charge in [-0.2, -0.15) is 0 Å². The Balaban J connectivity index is 3.02. The Labute approximate surface area is 76.8 Å². The summed E-state index contributed by atoms with van der Waals surface area (Å²) >= 11 is 5.92. The van der Waals surface area contributed by atoms with Crippen LogP contribution in [-0.2, 0) is 4.84 Å². The Hall–Kier alpha value is -1.02. The number of nitrogens with zero attached hydrogens (tertiary/aromatic N) is 1. The predicted octanol–water partition coefficient (Wildman–Crippen LogP) is 2.71. The van der Waals surface area contributed by atoms with Gasteiger partial charge in [0.25, 0.3) is 0 Å². The van der Waals surface area contributed by atoms with Crippen LogP contribution in [-0.4, -0.2) is 12.8 Å². The van der Waals surface area contributed by atoms with Crippen molar-refractivity contribution in [2.24, 2.45) is 5.16 Å². The summed E-state index contributed by atoms with van der Waals surface area (Å²) in [5.41, 5.74) is 1.68. The second-order valence-corrected chi connectivity index (χ2v) is 2.75. The van der Waals surface area contributed by atoms with Gasteiger partial charge >= 0.3 is 0 Å². The zero-order valence-corrected chi connectivity index (χ0v) is 7.80. The molecule has 1 aromatic rings. The van der Waals surface area contributed by atoms with E-state index in [-0.39, 0.29) is 0 Å². The highest BCUT2D eigenvalue weighted by Crippen LogP contribution is 2.15. The van der Waals surface area contributed by atoms with E-state index in [9.17, 15) is 0 Å². The predicted molar refractivity (Wildman–Crippen MR) is 50.7 cm³/mol. The lowest BCUT2D eigenvalue weighted by molar-refractivity contribution is 0.213. The summed E-state index contributed by atoms with van der Waals surface area (Å²) in [5, 5.41) is 4.48. The quantitative estimate of drug-likeness (QED) is 0.510. The molecular weight excluding hydrogens is 174 g/mol. The molecule has 2 nitrogen and oxygen atoms in total. The second kappa shape index (κ2) is 4.12. The molecule has 0 aliphatic carbocycles. The van der Waals surface area contributed by atoms with Gasteiger partial charge in [-0.05, 0) is 13.0 Å². The van der Waals surface area contributed by atoms with Crippen molar-refractivity contribution >= 4 is 17.3 Å². The maximum atomic E-state index is 5.92. The average Bonchev–Trinajstić information content (AvgIpc) is 2.05. The molecule has 0 atom stereocenters. The smallest absolute Gasteiger partial charge is 0.106 e. The SMILES string of the molecule is CO/N=C(\C)c1ccccc1Cl. The molecule has 0 spiro atoms. The topological polar surface area (TPSA) is 21.6 Å². The van der Waals surface area contributed by atoms with Gasteiger partial charge in [-0.15, -0.1) is 0 Å². The first-order chi connectivity index (χ1) is 5.75. The van der Waals surface area contributed by atoms with E-state index in [1.54, 1.807) is 0 Å². The molecule has 64 valence electrons. The fourth-order valence-corrected chi connectivity index (χ4v) is 1.21. The Kier molecular flexibility index (Phi) is 3.11. The van der Waals surface area contributed by atoms with Gasteiger partial charge in [0.1, 0.15) is 7.11 Å². The van der Waals surface area contributed by atoms with Gasteiger partial charge in [0, 0.05) is 10.6 Å². The van der Waals surface area contributed by atoms with Gasteiger partial charge in [0.05, 0.1) is 5.71 Å². The standard InChI is InChI=1S/C9H10ClNO/c1-7(11-12-2)8-5-3-4-6-9(8)10/h3-6H,1-2H3/b11-7+. The first-order valence-electron chi connectivity index (χ1n) is 3.58. The van der Waals surface area contributed by atoms with Crippen molar-refractivity contribution in [3.63, 3.8) is 0 Å². The van der Waals surface area contributed by atoms with Crippen LogP contribution in [0.25, 0.3) is 0 Å². The van der Waals surface area contributed by atoms with Gasteiger partial charge < -0.3 is 4.84 Å². The first kappa shape index (κ1) is 9.07. The van der Waals surface area contributed by atoms with Gasteiger partial charge in [-0.1, -0.05) is 35.0 Å². The van der Waals surface area contributed by atoms with Crippen LogP contribution < -0.4 is 0 Å². The second-order valence-electron chi connectivity index (χ2n) is 2.34. The lowest BCUT2D eigenvalue weighted by atomic mass is 10.1. The van der Waals surface area contributed by atoms with E-state index in [0.29, 0.717) is 5.02 Å². The van der Waals surface area contributed by atoms with Gasteiger partial charge in [0.2, 0.25) is 0 Å². The van der Waals surface area contributed by atoms with E-state index in [4.69, 9.17) is 11.6 Å². The van der Waals surface area contributed by atoms with E-state index >= 15 is 0 Å². The molecule has 0 amide bonds. The summed E-state index contributed by atoms with van der Waals surface area (Å²) < 4.78 is 0. The number of hydrogen-bond donors (Lipinski definition) is 0. The Bertz CT molecular complexity index is 296. The fourth-order valence-electron chi connectivity index (χ4n) is 0.941. The van der Waals surface area contributed by atoms with Crippen molar-refractivity contribution in [1.82, 2.24) is 0 Å². The molecule has 0 saturated carbocycles. The third-order valence-electron chi connectivity index (χ3n) is 1.49. The van der Waals surface area contributed by atoms with Crippen molar-refractivity contribution in [3.8, 4) is 0 Å². The summed E-state index contributed by atoms with van der Waals surface area (Å²) in [6.07, 6.45) is 0. The molecule has 0 fully saturated rings. The number of halogens is 1. The minimum absolute atomic E-state index is 0.691. The van der Waals surface area contributed by atoms with Crippen LogP contribution in [0.4, 0.5) is 0 Å². The number of oxime groups is 1. The molecule has 0 N–H and O–H groups in total. The molecule has 0 heterocycles. The molecule has 0 aromatic heterocycles. The lowest BCUT2D eigenvalue weighted by Gasteiger charge is -2.01. The van der Waals surface area contributed by atoms with Gasteiger partial charge in [-0.25, -0.2) is 0 Å². The van der Waals surface area contributed by atoms with Gasteiger partial charge in [-0.3, -0.25) is 0 Å². The molecule has 0 aliphatic rings. The maximum Gasteiger partial charge on any atom is 0.106 e. The van der Waals surface area contributed by atoms with Crippen molar-refractivity contribution in [2.75, 3.05) is 7.11 Å². The van der Waals surface area contributed by atoms with Crippen LogP contribution in [0.2, 0.25) is 5.02 Å². The zero-order chi connectivity index (χ0) is 8.97. The lowest BCUT2D eigenvalue weighted by Crippen LogP contribution is -1.95. The molecule has 0 bridgehead atoms. The van der Waals surface area contributed by atoms with Crippen LogP contribution >= 0.6 is 11.6 Å². The van der Waals surface area contributed by atoms with E-state index in [2.05, 4.69) is 9.99 Å². The van der Waals surface area contributed by atoms with E-state index in [0.717, 1.165) is 11.3 Å². The van der Waals surface area contributed by atoms with Crippen molar-refractivity contribution in [1.29, 1.82) is 0 Å². The van der Waals surface area contributed by atoms with E-state index in [1.165, 1.54) is 7.11 Å². The summed E-state index contributed by atoms with van der Waals surface area (Å²) in [6, 6.07) is 7.52. The Morgan fingerprint density at radius 1 is 1.42 bits per heavy atom. The number of hydrogen-bond acceptors (Lipinski definition) is 2. The van der Waals surface area contributed by atoms with Crippen LogP contribution in [0.15, 0.2) is 29.4 Å². The monoisotopic (exact) mass is 183 g/mol. The van der Waals surface area contributed by atoms with Crippen molar-refractivity contribution < 1.29 is 4.84 Å². The largest absolute Gasteiger partial charge is 0.399 e. The molecular formula is C9H10ClNO. The van der Waals surface area contributed by atoms with Gasteiger partial charge in [0.15, 0.2) is 0 Å². The number of rotatable bonds is 2. The highest BCUT2D eigenvalue weighted by Gasteiger charge is 2.01. The highest BCUT2D eigenvalue weighted by molar-refractivity contribution is 6.34. The van der Waals surface area contributed by atoms with Crippen LogP contribution in [0, 0.1) is 0 Å². The molecule has 0 aliphatic heterocycles. The van der Waals surface area contributed by atoms with E-state index in [1.807, 2.05) is 31.2 Å². The zero-order valence-electron chi connectivity index (χ0n) is 7.04. The average molecular weight is 184 g/mol. The summed E-state index contributed by atoms with van der Waals surface area (Å²) in [4.78, 5) is 4.64. The fraction of sp³-hybridized carbons (Fsp3) is 0.222. The number of benzene rings is 1.